The highest BCUT2D eigenvalue weighted by Gasteiger charge is 2.04. The van der Waals surface area contributed by atoms with Crippen LogP contribution in [0.2, 0.25) is 0 Å². The zero-order chi connectivity index (χ0) is 24.6. The van der Waals surface area contributed by atoms with E-state index in [0.29, 0.717) is 19.0 Å². The Morgan fingerprint density at radius 2 is 1.31 bits per heavy atom. The number of nitrogens with one attached hydrogen (secondary N) is 2. The molecule has 0 fully saturated rings. The molecule has 6 nitrogen and oxygen atoms in total. The van der Waals surface area contributed by atoms with E-state index in [9.17, 15) is 4.79 Å². The van der Waals surface area contributed by atoms with E-state index in [1.54, 1.807) is 0 Å². The second-order valence-corrected chi connectivity index (χ2v) is 8.23. The number of hydrogen-bond donors (Lipinski definition) is 2. The molecule has 0 unspecified atom stereocenters. The number of unbranched alkanes of at least 4 members (excludes halogenated alkanes) is 4. The lowest BCUT2D eigenvalue weighted by atomic mass is 10.2. The molecular formula is C29H36N2O4. The van der Waals surface area contributed by atoms with Gasteiger partial charge < -0.3 is 24.8 Å². The Morgan fingerprint density at radius 3 is 2.09 bits per heavy atom. The third-order valence-electron chi connectivity index (χ3n) is 5.31. The number of hydrogen-bond acceptors (Lipinski definition) is 5. The normalized spacial score (nSPS) is 10.4. The first-order valence-electron chi connectivity index (χ1n) is 12.4. The Balaban J connectivity index is 1.33. The molecule has 0 heterocycles. The van der Waals surface area contributed by atoms with Gasteiger partial charge >= 0.3 is 0 Å². The van der Waals surface area contributed by atoms with Crippen molar-refractivity contribution in [1.29, 1.82) is 0 Å². The van der Waals surface area contributed by atoms with Crippen LogP contribution in [-0.2, 0) is 4.79 Å². The Kier molecular flexibility index (Phi) is 11.3. The number of carbonyl (C=O) groups excluding carboxylic acids is 1. The number of ether oxygens (including phenoxy) is 3. The van der Waals surface area contributed by atoms with Crippen molar-refractivity contribution in [3.63, 3.8) is 0 Å². The van der Waals surface area contributed by atoms with Gasteiger partial charge in [0.1, 0.15) is 30.5 Å². The number of amides is 1. The molecule has 6 heteroatoms. The Morgan fingerprint density at radius 1 is 0.657 bits per heavy atom. The van der Waals surface area contributed by atoms with Gasteiger partial charge in [0.05, 0.1) is 13.2 Å². The maximum atomic E-state index is 12.3. The van der Waals surface area contributed by atoms with Crippen molar-refractivity contribution in [2.75, 3.05) is 37.0 Å². The molecule has 0 saturated heterocycles. The third-order valence-corrected chi connectivity index (χ3v) is 5.31. The van der Waals surface area contributed by atoms with Crippen molar-refractivity contribution in [1.82, 2.24) is 0 Å². The Labute approximate surface area is 208 Å². The van der Waals surface area contributed by atoms with Crippen LogP contribution in [0.4, 0.5) is 11.4 Å². The molecule has 3 rings (SSSR count). The number of rotatable bonds is 16. The maximum Gasteiger partial charge on any atom is 0.243 e. The first-order valence-corrected chi connectivity index (χ1v) is 12.4. The summed E-state index contributed by atoms with van der Waals surface area (Å²) in [7, 11) is 0. The van der Waals surface area contributed by atoms with Gasteiger partial charge in [-0.1, -0.05) is 56.9 Å². The highest BCUT2D eigenvalue weighted by atomic mass is 16.5. The first-order chi connectivity index (χ1) is 17.2. The van der Waals surface area contributed by atoms with Crippen LogP contribution in [0.5, 0.6) is 17.2 Å². The average Bonchev–Trinajstić information content (AvgIpc) is 2.89. The lowest BCUT2D eigenvalue weighted by molar-refractivity contribution is -0.114. The van der Waals surface area contributed by atoms with E-state index in [4.69, 9.17) is 14.2 Å². The van der Waals surface area contributed by atoms with Gasteiger partial charge in [0.25, 0.3) is 0 Å². The maximum absolute atomic E-state index is 12.3. The summed E-state index contributed by atoms with van der Waals surface area (Å²) >= 11 is 0. The van der Waals surface area contributed by atoms with E-state index in [2.05, 4.69) is 17.6 Å². The van der Waals surface area contributed by atoms with Crippen LogP contribution in [0, 0.1) is 0 Å². The zero-order valence-corrected chi connectivity index (χ0v) is 20.5. The second-order valence-electron chi connectivity index (χ2n) is 8.23. The van der Waals surface area contributed by atoms with E-state index in [1.807, 2.05) is 78.9 Å². The smallest absolute Gasteiger partial charge is 0.243 e. The predicted molar refractivity (Wildman–Crippen MR) is 142 cm³/mol. The van der Waals surface area contributed by atoms with Crippen LogP contribution >= 0.6 is 0 Å². The molecule has 1 amide bonds. The van der Waals surface area contributed by atoms with Crippen LogP contribution < -0.4 is 24.8 Å². The minimum atomic E-state index is -0.128. The molecule has 3 aromatic carbocycles. The molecule has 2 N–H and O–H groups in total. The average molecular weight is 477 g/mol. The molecule has 0 saturated carbocycles. The standard InChI is InChI=1S/C29H36N2O4/c1-2-3-4-5-9-19-33-27-17-15-24(16-18-27)31-29(32)23-30-25-11-10-14-28(22-25)35-21-20-34-26-12-7-6-8-13-26/h6-8,10-18,22,30H,2-5,9,19-21,23H2,1H3,(H,31,32). The van der Waals surface area contributed by atoms with E-state index in [0.717, 1.165) is 35.9 Å². The van der Waals surface area contributed by atoms with Gasteiger partial charge in [-0.05, 0) is 55.0 Å². The molecule has 0 bridgehead atoms. The molecule has 0 atom stereocenters. The molecule has 186 valence electrons. The summed E-state index contributed by atoms with van der Waals surface area (Å²) in [4.78, 5) is 12.3. The number of carbonyl (C=O) groups is 1. The SMILES string of the molecule is CCCCCCCOc1ccc(NC(=O)CNc2cccc(OCCOc3ccccc3)c2)cc1. The fraction of sp³-hybridized carbons (Fsp3) is 0.345. The minimum Gasteiger partial charge on any atom is -0.494 e. The molecule has 0 aliphatic heterocycles. The highest BCUT2D eigenvalue weighted by molar-refractivity contribution is 5.93. The number of para-hydroxylation sites is 1. The summed E-state index contributed by atoms with van der Waals surface area (Å²) in [6.07, 6.45) is 6.06. The lowest BCUT2D eigenvalue weighted by Crippen LogP contribution is -2.21. The van der Waals surface area contributed by atoms with E-state index in [1.165, 1.54) is 25.7 Å². The van der Waals surface area contributed by atoms with Crippen molar-refractivity contribution in [2.24, 2.45) is 0 Å². The second kappa shape index (κ2) is 15.3. The molecule has 0 aromatic heterocycles. The molecule has 0 spiro atoms. The number of anilines is 2. The van der Waals surface area contributed by atoms with Gasteiger partial charge in [-0.25, -0.2) is 0 Å². The van der Waals surface area contributed by atoms with Crippen LogP contribution in [-0.4, -0.2) is 32.3 Å². The summed E-state index contributed by atoms with van der Waals surface area (Å²) in [5, 5.41) is 6.03. The van der Waals surface area contributed by atoms with E-state index in [-0.39, 0.29) is 12.5 Å². The third kappa shape index (κ3) is 10.4. The van der Waals surface area contributed by atoms with Crippen LogP contribution in [0.1, 0.15) is 39.0 Å². The lowest BCUT2D eigenvalue weighted by Gasteiger charge is -2.11. The fourth-order valence-electron chi connectivity index (χ4n) is 3.45. The van der Waals surface area contributed by atoms with E-state index < -0.39 is 0 Å². The van der Waals surface area contributed by atoms with Crippen LogP contribution in [0.3, 0.4) is 0 Å². The molecule has 0 aliphatic rings. The van der Waals surface area contributed by atoms with Gasteiger partial charge in [0.2, 0.25) is 5.91 Å². The summed E-state index contributed by atoms with van der Waals surface area (Å²) in [6.45, 7) is 3.97. The minimum absolute atomic E-state index is 0.128. The monoisotopic (exact) mass is 476 g/mol. The zero-order valence-electron chi connectivity index (χ0n) is 20.5. The molecule has 3 aromatic rings. The number of benzene rings is 3. The van der Waals surface area contributed by atoms with Crippen LogP contribution in [0.15, 0.2) is 78.9 Å². The van der Waals surface area contributed by atoms with Crippen molar-refractivity contribution < 1.29 is 19.0 Å². The predicted octanol–water partition coefficient (Wildman–Crippen LogP) is 6.54. The van der Waals surface area contributed by atoms with Gasteiger partial charge in [-0.15, -0.1) is 0 Å². The largest absolute Gasteiger partial charge is 0.494 e. The van der Waals surface area contributed by atoms with Gasteiger partial charge in [0, 0.05) is 17.4 Å². The molecule has 35 heavy (non-hydrogen) atoms. The van der Waals surface area contributed by atoms with Crippen molar-refractivity contribution in [2.45, 2.75) is 39.0 Å². The van der Waals surface area contributed by atoms with Gasteiger partial charge in [0.15, 0.2) is 0 Å². The van der Waals surface area contributed by atoms with Gasteiger partial charge in [-0.3, -0.25) is 4.79 Å². The molecule has 0 radical (unpaired) electrons. The van der Waals surface area contributed by atoms with Crippen molar-refractivity contribution in [3.05, 3.63) is 78.9 Å². The molecular weight excluding hydrogens is 440 g/mol. The fourth-order valence-corrected chi connectivity index (χ4v) is 3.45. The summed E-state index contributed by atoms with van der Waals surface area (Å²) < 4.78 is 17.2. The summed E-state index contributed by atoms with van der Waals surface area (Å²) in [5.74, 6) is 2.23. The summed E-state index contributed by atoms with van der Waals surface area (Å²) in [6, 6.07) is 24.6. The topological polar surface area (TPSA) is 68.8 Å². The molecule has 0 aliphatic carbocycles. The van der Waals surface area contributed by atoms with Crippen LogP contribution in [0.25, 0.3) is 0 Å². The first kappa shape index (κ1) is 25.9. The van der Waals surface area contributed by atoms with E-state index >= 15 is 0 Å². The Bertz CT molecular complexity index is 993. The van der Waals surface area contributed by atoms with Crippen molar-refractivity contribution >= 4 is 17.3 Å². The summed E-state index contributed by atoms with van der Waals surface area (Å²) in [5.41, 5.74) is 1.55. The van der Waals surface area contributed by atoms with Gasteiger partial charge in [-0.2, -0.15) is 0 Å². The Hall–Kier alpha value is -3.67. The quantitative estimate of drug-likeness (QED) is 0.230. The van der Waals surface area contributed by atoms with Crippen molar-refractivity contribution in [3.8, 4) is 17.2 Å². The highest BCUT2D eigenvalue weighted by Crippen LogP contribution is 2.19.